The SMILES string of the molecule is CCC[Si](OC(=O)C(C)C[Si]OC(C)C)(C(C)C)C(C)C. The smallest absolute Gasteiger partial charge is 0.295 e. The van der Waals surface area contributed by atoms with E-state index in [-0.39, 0.29) is 18.0 Å². The molecule has 0 rings (SSSR count). The van der Waals surface area contributed by atoms with E-state index in [0.29, 0.717) is 20.8 Å². The topological polar surface area (TPSA) is 35.5 Å². The van der Waals surface area contributed by atoms with E-state index >= 15 is 0 Å². The van der Waals surface area contributed by atoms with Crippen molar-refractivity contribution in [3.8, 4) is 0 Å². The zero-order chi connectivity index (χ0) is 16.6. The third-order valence-corrected chi connectivity index (χ3v) is 11.2. The summed E-state index contributed by atoms with van der Waals surface area (Å²) in [5.74, 6) is -0.0827. The molecular formula is C16H34O3Si2. The summed E-state index contributed by atoms with van der Waals surface area (Å²) < 4.78 is 11.7. The lowest BCUT2D eigenvalue weighted by Gasteiger charge is -2.38. The number of hydrogen-bond donors (Lipinski definition) is 0. The molecule has 1 atom stereocenters. The molecule has 0 saturated heterocycles. The van der Waals surface area contributed by atoms with Gasteiger partial charge in [-0.05, 0) is 37.0 Å². The quantitative estimate of drug-likeness (QED) is 0.540. The van der Waals surface area contributed by atoms with Gasteiger partial charge >= 0.3 is 0 Å². The van der Waals surface area contributed by atoms with Gasteiger partial charge in [-0.15, -0.1) is 0 Å². The fourth-order valence-corrected chi connectivity index (χ4v) is 7.90. The summed E-state index contributed by atoms with van der Waals surface area (Å²) in [6, 6.07) is 1.83. The van der Waals surface area contributed by atoms with Gasteiger partial charge in [-0.25, -0.2) is 0 Å². The number of hydrogen-bond acceptors (Lipinski definition) is 3. The Labute approximate surface area is 135 Å². The van der Waals surface area contributed by atoms with Crippen LogP contribution in [0.2, 0.25) is 23.2 Å². The molecule has 124 valence electrons. The second-order valence-corrected chi connectivity index (χ2v) is 12.7. The first-order valence-electron chi connectivity index (χ1n) is 8.28. The maximum Gasteiger partial charge on any atom is 0.295 e. The number of rotatable bonds is 10. The van der Waals surface area contributed by atoms with Crippen molar-refractivity contribution in [2.45, 2.75) is 91.1 Å². The van der Waals surface area contributed by atoms with Gasteiger partial charge in [-0.3, -0.25) is 4.79 Å². The molecule has 0 aliphatic heterocycles. The Hall–Kier alpha value is -0.136. The predicted molar refractivity (Wildman–Crippen MR) is 93.1 cm³/mol. The van der Waals surface area contributed by atoms with Crippen molar-refractivity contribution in [2.75, 3.05) is 0 Å². The molecule has 1 unspecified atom stereocenters. The molecule has 0 fully saturated rings. The number of carbonyl (C=O) groups excluding carboxylic acids is 1. The van der Waals surface area contributed by atoms with Crippen LogP contribution in [0.4, 0.5) is 0 Å². The average Bonchev–Trinajstić information content (AvgIpc) is 2.36. The monoisotopic (exact) mass is 330 g/mol. The van der Waals surface area contributed by atoms with Crippen LogP contribution in [0.3, 0.4) is 0 Å². The van der Waals surface area contributed by atoms with Crippen molar-refractivity contribution in [3.05, 3.63) is 0 Å². The minimum absolute atomic E-state index is 0.0163. The molecule has 21 heavy (non-hydrogen) atoms. The molecule has 0 bridgehead atoms. The Bertz CT molecular complexity index is 296. The molecule has 0 aliphatic rings. The highest BCUT2D eigenvalue weighted by atomic mass is 28.4. The van der Waals surface area contributed by atoms with Crippen molar-refractivity contribution in [3.63, 3.8) is 0 Å². The Balaban J connectivity index is 4.73. The Morgan fingerprint density at radius 1 is 1.05 bits per heavy atom. The summed E-state index contributed by atoms with van der Waals surface area (Å²) in [7, 11) is -1.65. The first-order valence-corrected chi connectivity index (χ1v) is 11.7. The van der Waals surface area contributed by atoms with Gasteiger partial charge in [-0.1, -0.05) is 48.0 Å². The lowest BCUT2D eigenvalue weighted by atomic mass is 10.2. The van der Waals surface area contributed by atoms with Crippen molar-refractivity contribution in [1.82, 2.24) is 0 Å². The molecule has 0 spiro atoms. The van der Waals surface area contributed by atoms with Gasteiger partial charge in [0.15, 0.2) is 0 Å². The van der Waals surface area contributed by atoms with Crippen molar-refractivity contribution < 1.29 is 13.6 Å². The van der Waals surface area contributed by atoms with Crippen LogP contribution in [0.5, 0.6) is 0 Å². The standard InChI is InChI=1S/C16H34O3Si2/c1-9-10-21(13(4)5,14(6)7)19-16(17)15(8)11-20-18-12(2)3/h12-15H,9-11H2,1-8H3. The van der Waals surface area contributed by atoms with E-state index in [2.05, 4.69) is 34.6 Å². The molecule has 0 aromatic heterocycles. The largest absolute Gasteiger partial charge is 0.518 e. The van der Waals surface area contributed by atoms with Crippen molar-refractivity contribution in [2.24, 2.45) is 5.92 Å². The van der Waals surface area contributed by atoms with Crippen LogP contribution >= 0.6 is 0 Å². The molecule has 0 aromatic rings. The highest BCUT2D eigenvalue weighted by Gasteiger charge is 2.44. The first-order chi connectivity index (χ1) is 9.67. The van der Waals surface area contributed by atoms with E-state index in [1.165, 1.54) is 0 Å². The van der Waals surface area contributed by atoms with Crippen LogP contribution in [0.15, 0.2) is 0 Å². The fourth-order valence-electron chi connectivity index (χ4n) is 2.63. The molecular weight excluding hydrogens is 296 g/mol. The molecule has 0 saturated carbocycles. The second kappa shape index (κ2) is 9.79. The second-order valence-electron chi connectivity index (χ2n) is 6.85. The predicted octanol–water partition coefficient (Wildman–Crippen LogP) is 4.80. The van der Waals surface area contributed by atoms with E-state index in [4.69, 9.17) is 8.85 Å². The lowest BCUT2D eigenvalue weighted by Crippen LogP contribution is -2.47. The maximum absolute atomic E-state index is 12.5. The molecule has 0 aliphatic carbocycles. The number of carbonyl (C=O) groups is 1. The summed E-state index contributed by atoms with van der Waals surface area (Å²) >= 11 is 0. The minimum atomic E-state index is -2.02. The van der Waals surface area contributed by atoms with Crippen LogP contribution in [0.25, 0.3) is 0 Å². The van der Waals surface area contributed by atoms with Crippen molar-refractivity contribution >= 4 is 24.0 Å². The van der Waals surface area contributed by atoms with Gasteiger partial charge < -0.3 is 8.85 Å². The third-order valence-electron chi connectivity index (χ3n) is 4.00. The van der Waals surface area contributed by atoms with E-state index in [1.807, 2.05) is 20.8 Å². The summed E-state index contributed by atoms with van der Waals surface area (Å²) in [5, 5.41) is 0. The molecule has 3 nitrogen and oxygen atoms in total. The van der Waals surface area contributed by atoms with Gasteiger partial charge in [0.2, 0.25) is 9.76 Å². The average molecular weight is 331 g/mol. The van der Waals surface area contributed by atoms with E-state index in [1.54, 1.807) is 0 Å². The third kappa shape index (κ3) is 6.65. The summed E-state index contributed by atoms with van der Waals surface area (Å²) in [5.41, 5.74) is 0.922. The summed E-state index contributed by atoms with van der Waals surface area (Å²) in [4.78, 5) is 12.5. The zero-order valence-corrected chi connectivity index (χ0v) is 17.2. The summed E-state index contributed by atoms with van der Waals surface area (Å²) in [6.07, 6.45) is 1.31. The van der Waals surface area contributed by atoms with Gasteiger partial charge in [0.1, 0.15) is 0 Å². The van der Waals surface area contributed by atoms with E-state index in [0.717, 1.165) is 18.5 Å². The van der Waals surface area contributed by atoms with E-state index in [9.17, 15) is 4.79 Å². The Morgan fingerprint density at radius 3 is 1.95 bits per heavy atom. The molecule has 2 radical (unpaired) electrons. The van der Waals surface area contributed by atoms with E-state index < -0.39 is 8.32 Å². The van der Waals surface area contributed by atoms with Crippen LogP contribution in [-0.4, -0.2) is 30.2 Å². The van der Waals surface area contributed by atoms with Crippen LogP contribution in [-0.2, 0) is 13.6 Å². The molecule has 0 heterocycles. The lowest BCUT2D eigenvalue weighted by molar-refractivity contribution is -0.139. The van der Waals surface area contributed by atoms with Gasteiger partial charge in [0.25, 0.3) is 14.3 Å². The minimum Gasteiger partial charge on any atom is -0.518 e. The van der Waals surface area contributed by atoms with Gasteiger partial charge in [-0.2, -0.15) is 0 Å². The van der Waals surface area contributed by atoms with Crippen LogP contribution in [0, 0.1) is 5.92 Å². The Kier molecular flexibility index (Phi) is 9.73. The normalized spacial score (nSPS) is 14.0. The zero-order valence-electron chi connectivity index (χ0n) is 15.2. The van der Waals surface area contributed by atoms with Crippen molar-refractivity contribution in [1.29, 1.82) is 0 Å². The molecule has 0 aromatic carbocycles. The highest BCUT2D eigenvalue weighted by molar-refractivity contribution is 6.77. The van der Waals surface area contributed by atoms with Crippen LogP contribution < -0.4 is 0 Å². The maximum atomic E-state index is 12.5. The van der Waals surface area contributed by atoms with Gasteiger partial charge in [0, 0.05) is 6.10 Å². The molecule has 0 N–H and O–H groups in total. The fraction of sp³-hybridized carbons (Fsp3) is 0.938. The highest BCUT2D eigenvalue weighted by Crippen LogP contribution is 2.38. The summed E-state index contributed by atoms with van der Waals surface area (Å²) in [6.45, 7) is 17.0. The first kappa shape index (κ1) is 20.9. The molecule has 0 amide bonds. The van der Waals surface area contributed by atoms with Gasteiger partial charge in [0.05, 0.1) is 5.92 Å². The Morgan fingerprint density at radius 2 is 1.57 bits per heavy atom. The molecule has 5 heteroatoms. The van der Waals surface area contributed by atoms with Crippen LogP contribution in [0.1, 0.15) is 61.8 Å².